The van der Waals surface area contributed by atoms with E-state index in [2.05, 4.69) is 10.4 Å². The van der Waals surface area contributed by atoms with Gasteiger partial charge in [0.1, 0.15) is 11.8 Å². The Hall–Kier alpha value is -2.30. The van der Waals surface area contributed by atoms with Gasteiger partial charge in [-0.25, -0.2) is 0 Å². The standard InChI is InChI=1S/C15H19N3O2/c1-10-5-6-14(20-4)13(7-10)17-15(19)12(3)18-9-11(2)8-16-18/h5-9,12H,1-4H3,(H,17,19). The van der Waals surface area contributed by atoms with Crippen molar-refractivity contribution in [3.8, 4) is 5.75 Å². The van der Waals surface area contributed by atoms with Gasteiger partial charge in [0.05, 0.1) is 19.0 Å². The maximum absolute atomic E-state index is 12.3. The van der Waals surface area contributed by atoms with Crippen LogP contribution >= 0.6 is 0 Å². The smallest absolute Gasteiger partial charge is 0.249 e. The Labute approximate surface area is 118 Å². The zero-order chi connectivity index (χ0) is 14.7. The molecule has 0 fully saturated rings. The van der Waals surface area contributed by atoms with Crippen LogP contribution in [0.25, 0.3) is 0 Å². The molecule has 1 unspecified atom stereocenters. The first kappa shape index (κ1) is 14.1. The molecule has 1 atom stereocenters. The summed E-state index contributed by atoms with van der Waals surface area (Å²) >= 11 is 0. The van der Waals surface area contributed by atoms with E-state index in [9.17, 15) is 4.79 Å². The third kappa shape index (κ3) is 2.99. The molecule has 1 N–H and O–H groups in total. The second-order valence-electron chi connectivity index (χ2n) is 4.87. The lowest BCUT2D eigenvalue weighted by Crippen LogP contribution is -2.24. The van der Waals surface area contributed by atoms with Gasteiger partial charge in [-0.1, -0.05) is 6.07 Å². The topological polar surface area (TPSA) is 56.1 Å². The molecular formula is C15H19N3O2. The van der Waals surface area contributed by atoms with E-state index in [0.717, 1.165) is 11.1 Å². The molecule has 0 aliphatic heterocycles. The van der Waals surface area contributed by atoms with E-state index in [-0.39, 0.29) is 11.9 Å². The lowest BCUT2D eigenvalue weighted by atomic mass is 10.2. The van der Waals surface area contributed by atoms with Crippen molar-refractivity contribution in [3.05, 3.63) is 41.7 Å². The summed E-state index contributed by atoms with van der Waals surface area (Å²) in [5.74, 6) is 0.518. The van der Waals surface area contributed by atoms with Crippen LogP contribution in [0.15, 0.2) is 30.6 Å². The number of hydrogen-bond donors (Lipinski definition) is 1. The lowest BCUT2D eigenvalue weighted by molar-refractivity contribution is -0.119. The van der Waals surface area contributed by atoms with Gasteiger partial charge in [0.15, 0.2) is 0 Å². The highest BCUT2D eigenvalue weighted by Crippen LogP contribution is 2.26. The van der Waals surface area contributed by atoms with Crippen LogP contribution in [-0.4, -0.2) is 22.8 Å². The number of carbonyl (C=O) groups is 1. The zero-order valence-corrected chi connectivity index (χ0v) is 12.2. The third-order valence-electron chi connectivity index (χ3n) is 3.12. The number of nitrogens with one attached hydrogen (secondary N) is 1. The Morgan fingerprint density at radius 1 is 1.35 bits per heavy atom. The van der Waals surface area contributed by atoms with E-state index in [4.69, 9.17) is 4.74 Å². The van der Waals surface area contributed by atoms with Crippen molar-refractivity contribution < 1.29 is 9.53 Å². The number of amides is 1. The van der Waals surface area contributed by atoms with Gasteiger partial charge in [-0.3, -0.25) is 9.48 Å². The largest absolute Gasteiger partial charge is 0.495 e. The number of ether oxygens (including phenoxy) is 1. The van der Waals surface area contributed by atoms with Crippen LogP contribution in [0, 0.1) is 13.8 Å². The van der Waals surface area contributed by atoms with Crippen LogP contribution in [-0.2, 0) is 4.79 Å². The molecule has 5 heteroatoms. The van der Waals surface area contributed by atoms with Gasteiger partial charge in [0.25, 0.3) is 0 Å². The van der Waals surface area contributed by atoms with E-state index in [1.165, 1.54) is 0 Å². The minimum Gasteiger partial charge on any atom is -0.495 e. The lowest BCUT2D eigenvalue weighted by Gasteiger charge is -2.15. The SMILES string of the molecule is COc1ccc(C)cc1NC(=O)C(C)n1cc(C)cn1. The minimum atomic E-state index is -0.381. The first-order valence-electron chi connectivity index (χ1n) is 6.47. The molecule has 1 aromatic carbocycles. The number of aryl methyl sites for hydroxylation is 2. The second kappa shape index (κ2) is 5.77. The summed E-state index contributed by atoms with van der Waals surface area (Å²) in [6.45, 7) is 5.72. The highest BCUT2D eigenvalue weighted by Gasteiger charge is 2.17. The van der Waals surface area contributed by atoms with Crippen molar-refractivity contribution in [2.75, 3.05) is 12.4 Å². The molecule has 0 radical (unpaired) electrons. The normalized spacial score (nSPS) is 12.0. The second-order valence-corrected chi connectivity index (χ2v) is 4.87. The van der Waals surface area contributed by atoms with Crippen LogP contribution in [0.1, 0.15) is 24.1 Å². The average molecular weight is 273 g/mol. The fourth-order valence-electron chi connectivity index (χ4n) is 1.92. The zero-order valence-electron chi connectivity index (χ0n) is 12.2. The summed E-state index contributed by atoms with van der Waals surface area (Å²) in [6, 6.07) is 5.29. The molecule has 2 rings (SSSR count). The van der Waals surface area contributed by atoms with Gasteiger partial charge in [-0.15, -0.1) is 0 Å². The van der Waals surface area contributed by atoms with Gasteiger partial charge in [0, 0.05) is 6.20 Å². The number of benzene rings is 1. The number of methoxy groups -OCH3 is 1. The highest BCUT2D eigenvalue weighted by molar-refractivity contribution is 5.94. The molecule has 0 saturated carbocycles. The fourth-order valence-corrected chi connectivity index (χ4v) is 1.92. The monoisotopic (exact) mass is 273 g/mol. The summed E-state index contributed by atoms with van der Waals surface area (Å²) in [6.07, 6.45) is 3.58. The highest BCUT2D eigenvalue weighted by atomic mass is 16.5. The number of aromatic nitrogens is 2. The van der Waals surface area contributed by atoms with Crippen LogP contribution in [0.3, 0.4) is 0 Å². The Morgan fingerprint density at radius 2 is 2.10 bits per heavy atom. The number of carbonyl (C=O) groups excluding carboxylic acids is 1. The quantitative estimate of drug-likeness (QED) is 0.931. The van der Waals surface area contributed by atoms with Crippen LogP contribution < -0.4 is 10.1 Å². The van der Waals surface area contributed by atoms with Crippen molar-refractivity contribution in [1.29, 1.82) is 0 Å². The van der Waals surface area contributed by atoms with Gasteiger partial charge in [-0.2, -0.15) is 5.10 Å². The Bertz CT molecular complexity index is 619. The molecular weight excluding hydrogens is 254 g/mol. The van der Waals surface area contributed by atoms with Crippen molar-refractivity contribution in [1.82, 2.24) is 9.78 Å². The van der Waals surface area contributed by atoms with Crippen molar-refractivity contribution in [2.45, 2.75) is 26.8 Å². The molecule has 0 aliphatic carbocycles. The molecule has 5 nitrogen and oxygen atoms in total. The van der Waals surface area contributed by atoms with Crippen LogP contribution in [0.5, 0.6) is 5.75 Å². The van der Waals surface area contributed by atoms with E-state index >= 15 is 0 Å². The number of rotatable bonds is 4. The number of hydrogen-bond acceptors (Lipinski definition) is 3. The summed E-state index contributed by atoms with van der Waals surface area (Å²) in [4.78, 5) is 12.3. The Kier molecular flexibility index (Phi) is 4.08. The van der Waals surface area contributed by atoms with Gasteiger partial charge >= 0.3 is 0 Å². The third-order valence-corrected chi connectivity index (χ3v) is 3.12. The van der Waals surface area contributed by atoms with Crippen molar-refractivity contribution in [2.24, 2.45) is 0 Å². The first-order chi connectivity index (χ1) is 9.51. The minimum absolute atomic E-state index is 0.128. The fraction of sp³-hybridized carbons (Fsp3) is 0.333. The van der Waals surface area contributed by atoms with Gasteiger partial charge < -0.3 is 10.1 Å². The maximum Gasteiger partial charge on any atom is 0.249 e. The molecule has 0 spiro atoms. The van der Waals surface area contributed by atoms with E-state index in [1.54, 1.807) is 18.0 Å². The van der Waals surface area contributed by atoms with Crippen molar-refractivity contribution in [3.63, 3.8) is 0 Å². The van der Waals surface area contributed by atoms with E-state index in [1.807, 2.05) is 45.2 Å². The van der Waals surface area contributed by atoms with E-state index < -0.39 is 0 Å². The molecule has 1 heterocycles. The molecule has 0 saturated heterocycles. The van der Waals surface area contributed by atoms with Gasteiger partial charge in [0.2, 0.25) is 5.91 Å². The molecule has 0 aliphatic rings. The first-order valence-corrected chi connectivity index (χ1v) is 6.47. The molecule has 1 aromatic heterocycles. The van der Waals surface area contributed by atoms with Crippen LogP contribution in [0.2, 0.25) is 0 Å². The molecule has 1 amide bonds. The van der Waals surface area contributed by atoms with Gasteiger partial charge in [-0.05, 0) is 44.0 Å². The summed E-state index contributed by atoms with van der Waals surface area (Å²) in [7, 11) is 1.58. The summed E-state index contributed by atoms with van der Waals surface area (Å²) < 4.78 is 6.90. The molecule has 20 heavy (non-hydrogen) atoms. The maximum atomic E-state index is 12.3. The van der Waals surface area contributed by atoms with Crippen LogP contribution in [0.4, 0.5) is 5.69 Å². The Balaban J connectivity index is 2.17. The molecule has 106 valence electrons. The average Bonchev–Trinajstić information content (AvgIpc) is 2.84. The van der Waals surface area contributed by atoms with E-state index in [0.29, 0.717) is 11.4 Å². The Morgan fingerprint density at radius 3 is 2.70 bits per heavy atom. The predicted octanol–water partition coefficient (Wildman–Crippen LogP) is 2.71. The predicted molar refractivity (Wildman–Crippen MR) is 78.0 cm³/mol. The van der Waals surface area contributed by atoms with Crippen molar-refractivity contribution >= 4 is 11.6 Å². The molecule has 2 aromatic rings. The number of anilines is 1. The summed E-state index contributed by atoms with van der Waals surface area (Å²) in [5.41, 5.74) is 2.76. The molecule has 0 bridgehead atoms. The summed E-state index contributed by atoms with van der Waals surface area (Å²) in [5, 5.41) is 7.05. The number of nitrogens with zero attached hydrogens (tertiary/aromatic N) is 2.